The largest absolute Gasteiger partial charge is 0.492 e. The van der Waals surface area contributed by atoms with Crippen molar-refractivity contribution in [1.29, 1.82) is 0 Å². The number of rotatable bonds is 6. The topological polar surface area (TPSA) is 71.1 Å². The summed E-state index contributed by atoms with van der Waals surface area (Å²) in [7, 11) is 1.90. The predicted octanol–water partition coefficient (Wildman–Crippen LogP) is 1.89. The van der Waals surface area contributed by atoms with Crippen molar-refractivity contribution in [2.24, 2.45) is 10.9 Å². The summed E-state index contributed by atoms with van der Waals surface area (Å²) in [4.78, 5) is 1.95. The van der Waals surface area contributed by atoms with E-state index in [4.69, 9.17) is 15.7 Å². The monoisotopic (exact) mass is 315 g/mol. The highest BCUT2D eigenvalue weighted by atomic mass is 79.9. The predicted molar refractivity (Wildman–Crippen MR) is 75.1 cm³/mol. The summed E-state index contributed by atoms with van der Waals surface area (Å²) in [6.45, 7) is 3.10. The Hall–Kier alpha value is -1.27. The van der Waals surface area contributed by atoms with Gasteiger partial charge in [-0.25, -0.2) is 0 Å². The molecule has 5 nitrogen and oxygen atoms in total. The lowest BCUT2D eigenvalue weighted by atomic mass is 10.3. The van der Waals surface area contributed by atoms with E-state index in [0.29, 0.717) is 13.2 Å². The van der Waals surface area contributed by atoms with Crippen molar-refractivity contribution in [2.45, 2.75) is 13.0 Å². The SMILES string of the molecule is CC(C(N)=NO)N(C)CCOc1ccc(Br)cc1. The molecule has 100 valence electrons. The summed E-state index contributed by atoms with van der Waals surface area (Å²) in [5.41, 5.74) is 5.53. The van der Waals surface area contributed by atoms with Gasteiger partial charge in [-0.05, 0) is 38.2 Å². The van der Waals surface area contributed by atoms with E-state index in [1.807, 2.05) is 43.1 Å². The van der Waals surface area contributed by atoms with E-state index in [-0.39, 0.29) is 11.9 Å². The second kappa shape index (κ2) is 7.23. The second-order valence-corrected chi connectivity index (χ2v) is 4.90. The summed E-state index contributed by atoms with van der Waals surface area (Å²) in [5.74, 6) is 1.02. The first-order chi connectivity index (χ1) is 8.54. The molecule has 0 heterocycles. The molecular formula is C12H18BrN3O2. The number of nitrogens with two attached hydrogens (primary N) is 1. The van der Waals surface area contributed by atoms with Crippen LogP contribution in [0, 0.1) is 0 Å². The van der Waals surface area contributed by atoms with Crippen molar-refractivity contribution in [2.75, 3.05) is 20.2 Å². The Balaban J connectivity index is 2.35. The van der Waals surface area contributed by atoms with Crippen LogP contribution in [0.15, 0.2) is 33.9 Å². The van der Waals surface area contributed by atoms with Crippen molar-refractivity contribution >= 4 is 21.8 Å². The molecule has 0 aromatic heterocycles. The fraction of sp³-hybridized carbons (Fsp3) is 0.417. The van der Waals surface area contributed by atoms with Crippen molar-refractivity contribution in [1.82, 2.24) is 4.90 Å². The number of likely N-dealkylation sites (N-methyl/N-ethyl adjacent to an activating group) is 1. The van der Waals surface area contributed by atoms with Gasteiger partial charge in [0.05, 0.1) is 6.04 Å². The van der Waals surface area contributed by atoms with Gasteiger partial charge >= 0.3 is 0 Å². The molecule has 0 bridgehead atoms. The molecule has 0 radical (unpaired) electrons. The summed E-state index contributed by atoms with van der Waals surface area (Å²) in [6.07, 6.45) is 0. The molecule has 0 spiro atoms. The Morgan fingerprint density at radius 3 is 2.67 bits per heavy atom. The number of oxime groups is 1. The molecule has 0 fully saturated rings. The summed E-state index contributed by atoms with van der Waals surface area (Å²) >= 11 is 3.37. The molecule has 0 aliphatic carbocycles. The van der Waals surface area contributed by atoms with E-state index in [9.17, 15) is 0 Å². The molecule has 0 saturated heterocycles. The average Bonchev–Trinajstić information content (AvgIpc) is 2.39. The Labute approximate surface area is 115 Å². The minimum absolute atomic E-state index is 0.122. The van der Waals surface area contributed by atoms with E-state index in [1.165, 1.54) is 0 Å². The maximum Gasteiger partial charge on any atom is 0.156 e. The Morgan fingerprint density at radius 2 is 2.11 bits per heavy atom. The van der Waals surface area contributed by atoms with E-state index >= 15 is 0 Å². The summed E-state index contributed by atoms with van der Waals surface area (Å²) in [6, 6.07) is 7.54. The fourth-order valence-corrected chi connectivity index (χ4v) is 1.61. The standard InChI is InChI=1S/C12H18BrN3O2/c1-9(12(14)15-17)16(2)7-8-18-11-5-3-10(13)4-6-11/h3-6,9,17H,7-8H2,1-2H3,(H2,14,15). The van der Waals surface area contributed by atoms with Crippen LogP contribution < -0.4 is 10.5 Å². The number of hydrogen-bond donors (Lipinski definition) is 2. The molecule has 3 N–H and O–H groups in total. The van der Waals surface area contributed by atoms with Crippen LogP contribution in [0.25, 0.3) is 0 Å². The third-order valence-electron chi connectivity index (χ3n) is 2.73. The first-order valence-electron chi connectivity index (χ1n) is 5.60. The lowest BCUT2D eigenvalue weighted by Crippen LogP contribution is -2.42. The van der Waals surface area contributed by atoms with Crippen LogP contribution in [0.4, 0.5) is 0 Å². The highest BCUT2D eigenvalue weighted by Gasteiger charge is 2.13. The van der Waals surface area contributed by atoms with Gasteiger partial charge in [-0.15, -0.1) is 0 Å². The zero-order valence-electron chi connectivity index (χ0n) is 10.5. The Kier molecular flexibility index (Phi) is 5.94. The van der Waals surface area contributed by atoms with Gasteiger partial charge in [0, 0.05) is 11.0 Å². The van der Waals surface area contributed by atoms with E-state index < -0.39 is 0 Å². The number of benzene rings is 1. The molecule has 1 unspecified atom stereocenters. The van der Waals surface area contributed by atoms with Crippen molar-refractivity contribution in [3.05, 3.63) is 28.7 Å². The van der Waals surface area contributed by atoms with Gasteiger partial charge in [-0.2, -0.15) is 0 Å². The van der Waals surface area contributed by atoms with E-state index in [0.717, 1.165) is 10.2 Å². The van der Waals surface area contributed by atoms with Crippen LogP contribution >= 0.6 is 15.9 Å². The van der Waals surface area contributed by atoms with E-state index in [1.54, 1.807) is 0 Å². The number of nitrogens with zero attached hydrogens (tertiary/aromatic N) is 2. The van der Waals surface area contributed by atoms with E-state index in [2.05, 4.69) is 21.1 Å². The molecule has 0 aliphatic heterocycles. The summed E-state index contributed by atoms with van der Waals surface area (Å²) in [5, 5.41) is 11.6. The normalized spacial score (nSPS) is 13.7. The number of hydrogen-bond acceptors (Lipinski definition) is 4. The molecule has 1 aromatic rings. The fourth-order valence-electron chi connectivity index (χ4n) is 1.34. The lowest BCUT2D eigenvalue weighted by Gasteiger charge is -2.23. The quantitative estimate of drug-likeness (QED) is 0.364. The molecule has 1 atom stereocenters. The van der Waals surface area contributed by atoms with Gasteiger partial charge in [-0.3, -0.25) is 4.90 Å². The molecule has 1 rings (SSSR count). The minimum Gasteiger partial charge on any atom is -0.492 e. The van der Waals surface area contributed by atoms with Gasteiger partial charge in [0.15, 0.2) is 5.84 Å². The zero-order valence-corrected chi connectivity index (χ0v) is 12.1. The molecule has 0 amide bonds. The van der Waals surface area contributed by atoms with Crippen LogP contribution in [-0.2, 0) is 0 Å². The molecule has 0 saturated carbocycles. The van der Waals surface area contributed by atoms with Crippen molar-refractivity contribution < 1.29 is 9.94 Å². The molecule has 0 aliphatic rings. The molecular weight excluding hydrogens is 298 g/mol. The minimum atomic E-state index is -0.122. The van der Waals surface area contributed by atoms with Crippen LogP contribution in [0.3, 0.4) is 0 Å². The maximum absolute atomic E-state index is 8.58. The van der Waals surface area contributed by atoms with Crippen molar-refractivity contribution in [3.8, 4) is 5.75 Å². The third-order valence-corrected chi connectivity index (χ3v) is 3.26. The van der Waals surface area contributed by atoms with Gasteiger partial charge < -0.3 is 15.7 Å². The second-order valence-electron chi connectivity index (χ2n) is 3.98. The first-order valence-corrected chi connectivity index (χ1v) is 6.40. The number of amidine groups is 1. The van der Waals surface area contributed by atoms with Crippen molar-refractivity contribution in [3.63, 3.8) is 0 Å². The average molecular weight is 316 g/mol. The highest BCUT2D eigenvalue weighted by Crippen LogP contribution is 2.15. The summed E-state index contributed by atoms with van der Waals surface area (Å²) < 4.78 is 6.61. The van der Waals surface area contributed by atoms with Crippen LogP contribution in [0.2, 0.25) is 0 Å². The number of halogens is 1. The van der Waals surface area contributed by atoms with Gasteiger partial charge in [-0.1, -0.05) is 21.1 Å². The Bertz CT molecular complexity index is 395. The third kappa shape index (κ3) is 4.54. The highest BCUT2D eigenvalue weighted by molar-refractivity contribution is 9.10. The maximum atomic E-state index is 8.58. The zero-order chi connectivity index (χ0) is 13.5. The van der Waals surface area contributed by atoms with Crippen LogP contribution in [0.5, 0.6) is 5.75 Å². The van der Waals surface area contributed by atoms with Gasteiger partial charge in [0.2, 0.25) is 0 Å². The molecule has 6 heteroatoms. The van der Waals surface area contributed by atoms with Crippen LogP contribution in [0.1, 0.15) is 6.92 Å². The molecule has 18 heavy (non-hydrogen) atoms. The smallest absolute Gasteiger partial charge is 0.156 e. The lowest BCUT2D eigenvalue weighted by molar-refractivity contribution is 0.222. The van der Waals surface area contributed by atoms with Gasteiger partial charge in [0.25, 0.3) is 0 Å². The Morgan fingerprint density at radius 1 is 1.50 bits per heavy atom. The molecule has 1 aromatic carbocycles. The number of ether oxygens (including phenoxy) is 1. The van der Waals surface area contributed by atoms with Gasteiger partial charge in [0.1, 0.15) is 12.4 Å². The first kappa shape index (κ1) is 14.8. The van der Waals surface area contributed by atoms with Crippen LogP contribution in [-0.4, -0.2) is 42.2 Å².